The summed E-state index contributed by atoms with van der Waals surface area (Å²) in [5.41, 5.74) is 0.664. The topological polar surface area (TPSA) is 111 Å². The third-order valence-corrected chi connectivity index (χ3v) is 3.26. The number of aromatic carboxylic acids is 1. The summed E-state index contributed by atoms with van der Waals surface area (Å²) >= 11 is 0. The van der Waals surface area contributed by atoms with E-state index in [0.29, 0.717) is 11.3 Å². The maximum absolute atomic E-state index is 11.3. The Bertz CT molecular complexity index is 678. The Morgan fingerprint density at radius 2 is 2.05 bits per heavy atom. The van der Waals surface area contributed by atoms with Crippen LogP contribution in [0.25, 0.3) is 11.3 Å². The zero-order valence-corrected chi connectivity index (χ0v) is 11.6. The first-order valence-electron chi connectivity index (χ1n) is 6.39. The second-order valence-electron chi connectivity index (χ2n) is 4.60. The van der Waals surface area contributed by atoms with E-state index in [1.54, 1.807) is 0 Å². The van der Waals surface area contributed by atoms with E-state index < -0.39 is 10.9 Å². The molecule has 0 radical (unpaired) electrons. The molecule has 1 N–H and O–H groups in total. The molecule has 0 aliphatic carbocycles. The molecule has 1 heterocycles. The van der Waals surface area contributed by atoms with Gasteiger partial charge in [-0.25, -0.2) is 9.48 Å². The maximum Gasteiger partial charge on any atom is 0.358 e. The summed E-state index contributed by atoms with van der Waals surface area (Å²) in [4.78, 5) is 21.4. The summed E-state index contributed by atoms with van der Waals surface area (Å²) in [5.74, 6) is -1.18. The van der Waals surface area contributed by atoms with E-state index in [9.17, 15) is 20.0 Å². The predicted molar refractivity (Wildman–Crippen MR) is 74.1 cm³/mol. The van der Waals surface area contributed by atoms with Crippen molar-refractivity contribution in [1.29, 1.82) is 0 Å². The summed E-state index contributed by atoms with van der Waals surface area (Å²) in [6.07, 6.45) is 0.752. The molecule has 0 aliphatic rings. The van der Waals surface area contributed by atoms with Crippen molar-refractivity contribution in [3.05, 3.63) is 40.1 Å². The van der Waals surface area contributed by atoms with Crippen LogP contribution in [0, 0.1) is 10.1 Å². The lowest BCUT2D eigenvalue weighted by Gasteiger charge is -2.12. The second kappa shape index (κ2) is 5.70. The van der Waals surface area contributed by atoms with Crippen molar-refractivity contribution in [3.63, 3.8) is 0 Å². The van der Waals surface area contributed by atoms with Crippen LogP contribution in [0.4, 0.5) is 5.69 Å². The van der Waals surface area contributed by atoms with Gasteiger partial charge in [-0.2, -0.15) is 0 Å². The Balaban J connectivity index is 2.57. The fraction of sp³-hybridized carbons (Fsp3) is 0.308. The highest BCUT2D eigenvalue weighted by atomic mass is 16.6. The van der Waals surface area contributed by atoms with Crippen molar-refractivity contribution < 1.29 is 14.8 Å². The third-order valence-electron chi connectivity index (χ3n) is 3.26. The van der Waals surface area contributed by atoms with Gasteiger partial charge in [-0.1, -0.05) is 12.1 Å². The Morgan fingerprint density at radius 1 is 1.43 bits per heavy atom. The van der Waals surface area contributed by atoms with Crippen LogP contribution < -0.4 is 0 Å². The average Bonchev–Trinajstić information content (AvgIpc) is 2.91. The number of aromatic nitrogens is 3. The monoisotopic (exact) mass is 290 g/mol. The van der Waals surface area contributed by atoms with Crippen LogP contribution in [0.5, 0.6) is 0 Å². The van der Waals surface area contributed by atoms with Crippen LogP contribution in [0.2, 0.25) is 0 Å². The molecule has 1 aromatic carbocycles. The van der Waals surface area contributed by atoms with Crippen LogP contribution in [0.1, 0.15) is 36.8 Å². The highest BCUT2D eigenvalue weighted by molar-refractivity contribution is 5.92. The Labute approximate surface area is 120 Å². The molecule has 21 heavy (non-hydrogen) atoms. The lowest BCUT2D eigenvalue weighted by atomic mass is 10.1. The van der Waals surface area contributed by atoms with Gasteiger partial charge in [0.25, 0.3) is 5.69 Å². The zero-order chi connectivity index (χ0) is 15.6. The molecule has 0 saturated carbocycles. The van der Waals surface area contributed by atoms with Crippen LogP contribution in [-0.2, 0) is 0 Å². The molecule has 2 rings (SSSR count). The number of nitrogens with zero attached hydrogens (tertiary/aromatic N) is 4. The summed E-state index contributed by atoms with van der Waals surface area (Å²) in [5, 5.41) is 27.5. The Morgan fingerprint density at radius 3 is 2.52 bits per heavy atom. The smallest absolute Gasteiger partial charge is 0.358 e. The highest BCUT2D eigenvalue weighted by Gasteiger charge is 2.23. The molecule has 110 valence electrons. The molecule has 0 amide bonds. The van der Waals surface area contributed by atoms with Gasteiger partial charge < -0.3 is 5.11 Å². The van der Waals surface area contributed by atoms with Gasteiger partial charge in [-0.05, 0) is 25.5 Å². The van der Waals surface area contributed by atoms with Gasteiger partial charge in [-0.15, -0.1) is 5.10 Å². The van der Waals surface area contributed by atoms with Gasteiger partial charge in [0.15, 0.2) is 5.69 Å². The van der Waals surface area contributed by atoms with Crippen LogP contribution in [0.15, 0.2) is 24.3 Å². The molecule has 8 heteroatoms. The first kappa shape index (κ1) is 14.6. The molecule has 0 bridgehead atoms. The number of hydrogen-bond donors (Lipinski definition) is 1. The van der Waals surface area contributed by atoms with E-state index in [0.717, 1.165) is 6.42 Å². The lowest BCUT2D eigenvalue weighted by Crippen LogP contribution is -2.09. The fourth-order valence-corrected chi connectivity index (χ4v) is 1.93. The van der Waals surface area contributed by atoms with Gasteiger partial charge in [0, 0.05) is 17.7 Å². The molecule has 0 fully saturated rings. The Kier molecular flexibility index (Phi) is 3.97. The summed E-state index contributed by atoms with van der Waals surface area (Å²) in [6.45, 7) is 3.85. The van der Waals surface area contributed by atoms with Gasteiger partial charge in [0.2, 0.25) is 0 Å². The first-order valence-corrected chi connectivity index (χ1v) is 6.39. The minimum atomic E-state index is -1.18. The summed E-state index contributed by atoms with van der Waals surface area (Å²) in [7, 11) is 0. The van der Waals surface area contributed by atoms with E-state index in [4.69, 9.17) is 0 Å². The molecule has 0 aliphatic heterocycles. The van der Waals surface area contributed by atoms with Crippen molar-refractivity contribution >= 4 is 11.7 Å². The van der Waals surface area contributed by atoms with Crippen molar-refractivity contribution in [1.82, 2.24) is 15.0 Å². The fourth-order valence-electron chi connectivity index (χ4n) is 1.93. The van der Waals surface area contributed by atoms with Gasteiger partial charge in [0.05, 0.1) is 11.0 Å². The number of nitro groups is 1. The largest absolute Gasteiger partial charge is 0.476 e. The number of rotatable bonds is 5. The molecule has 8 nitrogen and oxygen atoms in total. The van der Waals surface area contributed by atoms with Crippen molar-refractivity contribution in [3.8, 4) is 11.3 Å². The normalized spacial score (nSPS) is 12.1. The quantitative estimate of drug-likeness (QED) is 0.669. The number of carbonyl (C=O) groups is 1. The van der Waals surface area contributed by atoms with Crippen molar-refractivity contribution in [2.75, 3.05) is 0 Å². The predicted octanol–water partition coefficient (Wildman–Crippen LogP) is 2.52. The Hall–Kier alpha value is -2.77. The highest BCUT2D eigenvalue weighted by Crippen LogP contribution is 2.27. The maximum atomic E-state index is 11.3. The standard InChI is InChI=1S/C13H14N4O4/c1-3-8(2)16-12(11(13(18)19)14-15-16)9-4-6-10(7-5-9)17(20)21/h4-8H,3H2,1-2H3,(H,18,19). The molecule has 1 unspecified atom stereocenters. The zero-order valence-electron chi connectivity index (χ0n) is 11.6. The number of hydrogen-bond acceptors (Lipinski definition) is 5. The molecule has 0 spiro atoms. The van der Waals surface area contributed by atoms with Crippen molar-refractivity contribution in [2.45, 2.75) is 26.3 Å². The molecule has 1 atom stereocenters. The molecule has 2 aromatic rings. The molecule has 1 aromatic heterocycles. The van der Waals surface area contributed by atoms with E-state index in [2.05, 4.69) is 10.3 Å². The SMILES string of the molecule is CCC(C)n1nnc(C(=O)O)c1-c1ccc([N+](=O)[O-])cc1. The number of nitro benzene ring substituents is 1. The minimum Gasteiger partial charge on any atom is -0.476 e. The van der Waals surface area contributed by atoms with Gasteiger partial charge >= 0.3 is 5.97 Å². The van der Waals surface area contributed by atoms with Crippen LogP contribution >= 0.6 is 0 Å². The molecular weight excluding hydrogens is 276 g/mol. The van der Waals surface area contributed by atoms with Crippen LogP contribution in [-0.4, -0.2) is 31.0 Å². The van der Waals surface area contributed by atoms with E-state index in [-0.39, 0.29) is 17.4 Å². The molecular formula is C13H14N4O4. The minimum absolute atomic E-state index is 0.0317. The lowest BCUT2D eigenvalue weighted by molar-refractivity contribution is -0.384. The second-order valence-corrected chi connectivity index (χ2v) is 4.60. The average molecular weight is 290 g/mol. The number of non-ortho nitro benzene ring substituents is 1. The third kappa shape index (κ3) is 2.73. The van der Waals surface area contributed by atoms with E-state index in [1.807, 2.05) is 13.8 Å². The first-order chi connectivity index (χ1) is 9.95. The number of carboxylic acids is 1. The summed E-state index contributed by atoms with van der Waals surface area (Å²) < 4.78 is 1.53. The number of carboxylic acid groups (broad SMARTS) is 1. The number of benzene rings is 1. The summed E-state index contributed by atoms with van der Waals surface area (Å²) in [6, 6.07) is 5.63. The molecule has 0 saturated heterocycles. The van der Waals surface area contributed by atoms with Crippen molar-refractivity contribution in [2.24, 2.45) is 0 Å². The van der Waals surface area contributed by atoms with Gasteiger partial charge in [0.1, 0.15) is 5.69 Å². The van der Waals surface area contributed by atoms with Gasteiger partial charge in [-0.3, -0.25) is 10.1 Å². The van der Waals surface area contributed by atoms with E-state index in [1.165, 1.54) is 28.9 Å². The van der Waals surface area contributed by atoms with Crippen LogP contribution in [0.3, 0.4) is 0 Å². The van der Waals surface area contributed by atoms with E-state index >= 15 is 0 Å².